The van der Waals surface area contributed by atoms with E-state index < -0.39 is 0 Å². The molecule has 25 heavy (non-hydrogen) atoms. The van der Waals surface area contributed by atoms with Gasteiger partial charge in [0.1, 0.15) is 0 Å². The first kappa shape index (κ1) is 15.7. The fourth-order valence-corrected chi connectivity index (χ4v) is 2.69. The van der Waals surface area contributed by atoms with E-state index in [1.54, 1.807) is 0 Å². The molecule has 2 N–H and O–H groups in total. The zero-order chi connectivity index (χ0) is 17.2. The number of aromatic nitrogens is 3. The number of amides is 1. The van der Waals surface area contributed by atoms with Crippen molar-refractivity contribution >= 4 is 22.5 Å². The monoisotopic (exact) mass is 337 g/mol. The summed E-state index contributed by atoms with van der Waals surface area (Å²) in [5.41, 5.74) is 2.60. The van der Waals surface area contributed by atoms with Gasteiger partial charge in [0.2, 0.25) is 11.8 Å². The highest BCUT2D eigenvalue weighted by Gasteiger charge is 2.29. The van der Waals surface area contributed by atoms with Crippen LogP contribution in [0.5, 0.6) is 0 Å². The van der Waals surface area contributed by atoms with Gasteiger partial charge < -0.3 is 15.2 Å². The Hall–Kier alpha value is -2.80. The largest absolute Gasteiger partial charge is 0.339 e. The number of fused-ring (bicyclic) bond motifs is 1. The zero-order valence-electron chi connectivity index (χ0n) is 14.0. The predicted octanol–water partition coefficient (Wildman–Crippen LogP) is 2.74. The lowest BCUT2D eigenvalue weighted by Gasteiger charge is -2.06. The Labute approximate surface area is 144 Å². The quantitative estimate of drug-likeness (QED) is 0.718. The van der Waals surface area contributed by atoms with E-state index in [1.165, 1.54) is 6.92 Å². The molecule has 1 aromatic carbocycles. The molecule has 7 nitrogen and oxygen atoms in total. The molecule has 0 unspecified atom stereocenters. The second-order valence-electron chi connectivity index (χ2n) is 6.32. The first-order chi connectivity index (χ1) is 12.2. The maximum Gasteiger partial charge on any atom is 0.229 e. The average Bonchev–Trinajstić information content (AvgIpc) is 3.34. The highest BCUT2D eigenvalue weighted by molar-refractivity contribution is 5.92. The van der Waals surface area contributed by atoms with E-state index in [-0.39, 0.29) is 5.91 Å². The molecule has 1 aliphatic carbocycles. The van der Waals surface area contributed by atoms with Crippen molar-refractivity contribution in [3.63, 3.8) is 0 Å². The Morgan fingerprint density at radius 2 is 2.08 bits per heavy atom. The van der Waals surface area contributed by atoms with Gasteiger partial charge in [-0.25, -0.2) is 0 Å². The summed E-state index contributed by atoms with van der Waals surface area (Å²) in [5, 5.41) is 11.0. The van der Waals surface area contributed by atoms with Gasteiger partial charge in [-0.1, -0.05) is 11.2 Å². The molecule has 3 aromatic rings. The van der Waals surface area contributed by atoms with Crippen LogP contribution < -0.4 is 10.6 Å². The van der Waals surface area contributed by atoms with Crippen molar-refractivity contribution in [2.24, 2.45) is 0 Å². The van der Waals surface area contributed by atoms with Crippen LogP contribution in [0.3, 0.4) is 0 Å². The van der Waals surface area contributed by atoms with Crippen molar-refractivity contribution in [2.75, 3.05) is 5.32 Å². The summed E-state index contributed by atoms with van der Waals surface area (Å²) in [6.07, 6.45) is 2.31. The van der Waals surface area contributed by atoms with E-state index in [4.69, 9.17) is 4.52 Å². The fraction of sp³-hybridized carbons (Fsp3) is 0.333. The maximum absolute atomic E-state index is 11.1. The number of rotatable bonds is 6. The van der Waals surface area contributed by atoms with Crippen LogP contribution in [-0.4, -0.2) is 21.0 Å². The van der Waals surface area contributed by atoms with Gasteiger partial charge in [0.05, 0.1) is 17.8 Å². The van der Waals surface area contributed by atoms with Gasteiger partial charge in [-0.3, -0.25) is 9.78 Å². The topological polar surface area (TPSA) is 92.9 Å². The second-order valence-corrected chi connectivity index (χ2v) is 6.32. The molecule has 4 rings (SSSR count). The fourth-order valence-electron chi connectivity index (χ4n) is 2.69. The summed E-state index contributed by atoms with van der Waals surface area (Å²) in [5.74, 6) is 1.84. The molecule has 128 valence electrons. The van der Waals surface area contributed by atoms with Crippen molar-refractivity contribution in [3.05, 3.63) is 47.7 Å². The van der Waals surface area contributed by atoms with Crippen LogP contribution in [0.15, 0.2) is 34.9 Å². The number of benzene rings is 1. The number of carbonyl (C=O) groups is 1. The molecule has 2 heterocycles. The lowest BCUT2D eigenvalue weighted by Crippen LogP contribution is -2.14. The Balaban J connectivity index is 1.38. The molecular formula is C18H19N5O2. The van der Waals surface area contributed by atoms with Crippen molar-refractivity contribution in [1.29, 1.82) is 0 Å². The number of hydrogen-bond acceptors (Lipinski definition) is 6. The van der Waals surface area contributed by atoms with Crippen molar-refractivity contribution in [3.8, 4) is 0 Å². The van der Waals surface area contributed by atoms with Crippen LogP contribution in [0.4, 0.5) is 5.69 Å². The SMILES string of the molecule is CC(=O)Nc1ccc2nc(CNCc3noc(C4CC4)n3)ccc2c1. The number of anilines is 1. The first-order valence-corrected chi connectivity index (χ1v) is 8.38. The van der Waals surface area contributed by atoms with E-state index in [2.05, 4.69) is 25.8 Å². The zero-order valence-corrected chi connectivity index (χ0v) is 14.0. The molecule has 1 saturated carbocycles. The van der Waals surface area contributed by atoms with E-state index in [0.29, 0.717) is 24.8 Å². The molecule has 0 atom stereocenters. The van der Waals surface area contributed by atoms with E-state index in [1.807, 2.05) is 30.3 Å². The normalized spacial score (nSPS) is 14.0. The summed E-state index contributed by atoms with van der Waals surface area (Å²) < 4.78 is 5.24. The first-order valence-electron chi connectivity index (χ1n) is 8.38. The van der Waals surface area contributed by atoms with E-state index in [0.717, 1.165) is 41.0 Å². The smallest absolute Gasteiger partial charge is 0.229 e. The van der Waals surface area contributed by atoms with Gasteiger partial charge in [-0.15, -0.1) is 0 Å². The maximum atomic E-state index is 11.1. The van der Waals surface area contributed by atoms with Crippen LogP contribution in [0, 0.1) is 0 Å². The lowest BCUT2D eigenvalue weighted by molar-refractivity contribution is -0.114. The van der Waals surface area contributed by atoms with Crippen LogP contribution in [0.25, 0.3) is 10.9 Å². The molecule has 0 bridgehead atoms. The summed E-state index contributed by atoms with van der Waals surface area (Å²) in [4.78, 5) is 20.2. The Bertz CT molecular complexity index is 917. The second kappa shape index (κ2) is 6.60. The van der Waals surface area contributed by atoms with E-state index >= 15 is 0 Å². The van der Waals surface area contributed by atoms with Crippen LogP contribution in [-0.2, 0) is 17.9 Å². The number of nitrogens with zero attached hydrogens (tertiary/aromatic N) is 3. The number of hydrogen-bond donors (Lipinski definition) is 2. The summed E-state index contributed by atoms with van der Waals surface area (Å²) in [7, 11) is 0. The number of carbonyl (C=O) groups excluding carboxylic acids is 1. The third-order valence-electron chi connectivity index (χ3n) is 4.07. The molecular weight excluding hydrogens is 318 g/mol. The summed E-state index contributed by atoms with van der Waals surface area (Å²) >= 11 is 0. The predicted molar refractivity (Wildman–Crippen MR) is 92.9 cm³/mol. The molecule has 1 aliphatic rings. The highest BCUT2D eigenvalue weighted by atomic mass is 16.5. The summed E-state index contributed by atoms with van der Waals surface area (Å²) in [6, 6.07) is 9.65. The Morgan fingerprint density at radius 1 is 1.20 bits per heavy atom. The molecule has 0 aliphatic heterocycles. The molecule has 1 amide bonds. The summed E-state index contributed by atoms with van der Waals surface area (Å²) in [6.45, 7) is 2.67. The Morgan fingerprint density at radius 3 is 2.88 bits per heavy atom. The molecule has 0 saturated heterocycles. The third kappa shape index (κ3) is 3.83. The standard InChI is InChI=1S/C18H19N5O2/c1-11(24)20-14-6-7-16-13(8-14)4-5-15(21-16)9-19-10-17-22-18(25-23-17)12-2-3-12/h4-8,12,19H,2-3,9-10H2,1H3,(H,20,24). The van der Waals surface area contributed by atoms with Crippen molar-refractivity contribution < 1.29 is 9.32 Å². The highest BCUT2D eigenvalue weighted by Crippen LogP contribution is 2.38. The molecule has 0 radical (unpaired) electrons. The van der Waals surface area contributed by atoms with Crippen molar-refractivity contribution in [1.82, 2.24) is 20.4 Å². The van der Waals surface area contributed by atoms with Crippen molar-refractivity contribution in [2.45, 2.75) is 38.8 Å². The van der Waals surface area contributed by atoms with E-state index in [9.17, 15) is 4.79 Å². The molecule has 1 fully saturated rings. The number of pyridine rings is 1. The average molecular weight is 337 g/mol. The Kier molecular flexibility index (Phi) is 4.15. The number of nitrogens with one attached hydrogen (secondary N) is 2. The third-order valence-corrected chi connectivity index (χ3v) is 4.07. The van der Waals surface area contributed by atoms with Gasteiger partial charge in [-0.05, 0) is 37.1 Å². The van der Waals surface area contributed by atoms with Gasteiger partial charge in [0.15, 0.2) is 5.82 Å². The minimum absolute atomic E-state index is 0.0839. The lowest BCUT2D eigenvalue weighted by atomic mass is 10.2. The molecule has 2 aromatic heterocycles. The van der Waals surface area contributed by atoms with Gasteiger partial charge in [0, 0.05) is 30.5 Å². The minimum atomic E-state index is -0.0839. The van der Waals surface area contributed by atoms with Gasteiger partial charge >= 0.3 is 0 Å². The molecule has 0 spiro atoms. The van der Waals surface area contributed by atoms with Gasteiger partial charge in [-0.2, -0.15) is 4.98 Å². The minimum Gasteiger partial charge on any atom is -0.339 e. The molecule has 7 heteroatoms. The van der Waals surface area contributed by atoms with Crippen LogP contribution in [0.2, 0.25) is 0 Å². The van der Waals surface area contributed by atoms with Crippen LogP contribution in [0.1, 0.15) is 43.1 Å². The van der Waals surface area contributed by atoms with Crippen LogP contribution >= 0.6 is 0 Å². The van der Waals surface area contributed by atoms with Gasteiger partial charge in [0.25, 0.3) is 0 Å².